The average molecular weight is 296 g/mol. The molecule has 2 nitrogen and oxygen atoms in total. The van der Waals surface area contributed by atoms with Gasteiger partial charge in [0.25, 0.3) is 0 Å². The Labute approximate surface area is 127 Å². The maximum absolute atomic E-state index is 6.33. The largest absolute Gasteiger partial charge is 0.369 e. The molecule has 0 amide bonds. The summed E-state index contributed by atoms with van der Waals surface area (Å²) in [7, 11) is 0. The smallest absolute Gasteiger partial charge is 0.0991 e. The first-order chi connectivity index (χ1) is 9.49. The second-order valence-corrected chi connectivity index (χ2v) is 6.73. The Morgan fingerprint density at radius 3 is 2.50 bits per heavy atom. The summed E-state index contributed by atoms with van der Waals surface area (Å²) in [6.45, 7) is 6.64. The molecule has 0 spiro atoms. The minimum absolute atomic E-state index is 0.0652. The fourth-order valence-corrected chi connectivity index (χ4v) is 3.26. The molecule has 1 aromatic carbocycles. The van der Waals surface area contributed by atoms with Gasteiger partial charge in [0.2, 0.25) is 0 Å². The first-order valence-corrected chi connectivity index (χ1v) is 8.02. The number of benzene rings is 1. The molecule has 3 heteroatoms. The van der Waals surface area contributed by atoms with Crippen molar-refractivity contribution in [2.24, 2.45) is 17.6 Å². The van der Waals surface area contributed by atoms with Crippen LogP contribution in [0.2, 0.25) is 5.02 Å². The monoisotopic (exact) mass is 295 g/mol. The third kappa shape index (κ3) is 3.75. The minimum Gasteiger partial charge on any atom is -0.369 e. The third-order valence-corrected chi connectivity index (χ3v) is 4.92. The van der Waals surface area contributed by atoms with Crippen molar-refractivity contribution in [1.29, 1.82) is 0 Å². The molecule has 5 unspecified atom stereocenters. The van der Waals surface area contributed by atoms with Gasteiger partial charge in [-0.3, -0.25) is 0 Å². The molecule has 0 aliphatic heterocycles. The standard InChI is InChI=1S/C17H26ClNO/c1-11-8-9-14(10-12(11)2)20-17(13(3)19)15-6-4-5-7-16(15)18/h4-7,11-14,17H,8-10,19H2,1-3H3. The Morgan fingerprint density at radius 2 is 1.90 bits per heavy atom. The number of rotatable bonds is 4. The van der Waals surface area contributed by atoms with Gasteiger partial charge in [0.15, 0.2) is 0 Å². The molecule has 2 N–H and O–H groups in total. The Kier molecular flexibility index (Phi) is 5.48. The summed E-state index contributed by atoms with van der Waals surface area (Å²) in [5.41, 5.74) is 7.14. The number of nitrogens with two attached hydrogens (primary N) is 1. The fraction of sp³-hybridized carbons (Fsp3) is 0.647. The van der Waals surface area contributed by atoms with Crippen LogP contribution in [0.5, 0.6) is 0 Å². The summed E-state index contributed by atoms with van der Waals surface area (Å²) in [5.74, 6) is 1.51. The van der Waals surface area contributed by atoms with Crippen molar-refractivity contribution in [2.45, 2.75) is 58.3 Å². The lowest BCUT2D eigenvalue weighted by molar-refractivity contribution is -0.0568. The van der Waals surface area contributed by atoms with Crippen molar-refractivity contribution < 1.29 is 4.74 Å². The van der Waals surface area contributed by atoms with Gasteiger partial charge in [0.05, 0.1) is 12.2 Å². The lowest BCUT2D eigenvalue weighted by atomic mass is 9.80. The summed E-state index contributed by atoms with van der Waals surface area (Å²) >= 11 is 6.30. The highest BCUT2D eigenvalue weighted by Gasteiger charge is 2.29. The fourth-order valence-electron chi connectivity index (χ4n) is 3.02. The molecule has 1 fully saturated rings. The van der Waals surface area contributed by atoms with E-state index in [1.54, 1.807) is 0 Å². The molecule has 0 aromatic heterocycles. The molecule has 0 saturated heterocycles. The van der Waals surface area contributed by atoms with Crippen LogP contribution in [0.1, 0.15) is 51.7 Å². The number of hydrogen-bond donors (Lipinski definition) is 1. The SMILES string of the molecule is CC(N)C(OC1CCC(C)C(C)C1)c1ccccc1Cl. The van der Waals surface area contributed by atoms with Crippen molar-refractivity contribution in [2.75, 3.05) is 0 Å². The van der Waals surface area contributed by atoms with Gasteiger partial charge in [-0.1, -0.05) is 43.6 Å². The summed E-state index contributed by atoms with van der Waals surface area (Å²) in [6, 6.07) is 7.79. The van der Waals surface area contributed by atoms with E-state index in [9.17, 15) is 0 Å². The van der Waals surface area contributed by atoms with Crippen molar-refractivity contribution in [3.63, 3.8) is 0 Å². The van der Waals surface area contributed by atoms with Gasteiger partial charge in [-0.05, 0) is 44.1 Å². The van der Waals surface area contributed by atoms with Crippen LogP contribution in [0.4, 0.5) is 0 Å². The Balaban J connectivity index is 2.09. The Morgan fingerprint density at radius 1 is 1.20 bits per heavy atom. The van der Waals surface area contributed by atoms with Crippen LogP contribution < -0.4 is 5.73 Å². The molecule has 0 heterocycles. The van der Waals surface area contributed by atoms with Crippen LogP contribution in [-0.4, -0.2) is 12.1 Å². The van der Waals surface area contributed by atoms with Crippen molar-refractivity contribution in [3.8, 4) is 0 Å². The van der Waals surface area contributed by atoms with Gasteiger partial charge in [0, 0.05) is 16.6 Å². The molecule has 112 valence electrons. The van der Waals surface area contributed by atoms with Gasteiger partial charge in [0.1, 0.15) is 0 Å². The van der Waals surface area contributed by atoms with Crippen molar-refractivity contribution in [3.05, 3.63) is 34.9 Å². The second kappa shape index (κ2) is 6.93. The first kappa shape index (κ1) is 15.8. The van der Waals surface area contributed by atoms with Crippen LogP contribution in [0, 0.1) is 11.8 Å². The number of ether oxygens (including phenoxy) is 1. The summed E-state index contributed by atoms with van der Waals surface area (Å²) in [6.07, 6.45) is 3.66. The molecular weight excluding hydrogens is 270 g/mol. The van der Waals surface area contributed by atoms with Gasteiger partial charge >= 0.3 is 0 Å². The van der Waals surface area contributed by atoms with E-state index in [1.807, 2.05) is 31.2 Å². The van der Waals surface area contributed by atoms with Crippen LogP contribution in [0.25, 0.3) is 0 Å². The van der Waals surface area contributed by atoms with Gasteiger partial charge in [-0.25, -0.2) is 0 Å². The molecule has 2 rings (SSSR count). The van der Waals surface area contributed by atoms with E-state index in [2.05, 4.69) is 13.8 Å². The highest BCUT2D eigenvalue weighted by atomic mass is 35.5. The minimum atomic E-state index is -0.116. The topological polar surface area (TPSA) is 35.2 Å². The predicted molar refractivity (Wildman–Crippen MR) is 84.9 cm³/mol. The molecular formula is C17H26ClNO. The molecule has 0 radical (unpaired) electrons. The molecule has 5 atom stereocenters. The zero-order valence-corrected chi connectivity index (χ0v) is 13.4. The summed E-state index contributed by atoms with van der Waals surface area (Å²) < 4.78 is 6.33. The highest BCUT2D eigenvalue weighted by molar-refractivity contribution is 6.31. The van der Waals surface area contributed by atoms with E-state index in [-0.39, 0.29) is 12.1 Å². The Hall–Kier alpha value is -0.570. The van der Waals surface area contributed by atoms with Crippen LogP contribution in [0.3, 0.4) is 0 Å². The highest BCUT2D eigenvalue weighted by Crippen LogP contribution is 2.35. The predicted octanol–water partition coefficient (Wildman–Crippen LogP) is 4.57. The first-order valence-electron chi connectivity index (χ1n) is 7.64. The molecule has 0 bridgehead atoms. The van der Waals surface area contributed by atoms with Crippen LogP contribution in [0.15, 0.2) is 24.3 Å². The zero-order valence-electron chi connectivity index (χ0n) is 12.7. The van der Waals surface area contributed by atoms with E-state index in [1.165, 1.54) is 6.42 Å². The molecule has 1 aromatic rings. The molecule has 1 aliphatic carbocycles. The summed E-state index contributed by atoms with van der Waals surface area (Å²) in [5, 5.41) is 0.743. The normalized spacial score (nSPS) is 29.9. The molecule has 20 heavy (non-hydrogen) atoms. The second-order valence-electron chi connectivity index (χ2n) is 6.33. The average Bonchev–Trinajstić information content (AvgIpc) is 2.41. The van der Waals surface area contributed by atoms with Crippen molar-refractivity contribution in [1.82, 2.24) is 0 Å². The summed E-state index contributed by atoms with van der Waals surface area (Å²) in [4.78, 5) is 0. The lowest BCUT2D eigenvalue weighted by Crippen LogP contribution is -2.34. The van der Waals surface area contributed by atoms with E-state index in [0.717, 1.165) is 29.3 Å². The quantitative estimate of drug-likeness (QED) is 0.883. The van der Waals surface area contributed by atoms with Crippen LogP contribution >= 0.6 is 11.6 Å². The zero-order chi connectivity index (χ0) is 14.7. The number of hydrogen-bond acceptors (Lipinski definition) is 2. The molecule has 1 aliphatic rings. The van der Waals surface area contributed by atoms with Crippen molar-refractivity contribution >= 4 is 11.6 Å². The molecule has 1 saturated carbocycles. The van der Waals surface area contributed by atoms with Crippen LogP contribution in [-0.2, 0) is 4.74 Å². The van der Waals surface area contributed by atoms with Gasteiger partial charge < -0.3 is 10.5 Å². The van der Waals surface area contributed by atoms with E-state index < -0.39 is 0 Å². The maximum atomic E-state index is 6.33. The Bertz CT molecular complexity index is 435. The third-order valence-electron chi connectivity index (χ3n) is 4.58. The lowest BCUT2D eigenvalue weighted by Gasteiger charge is -2.35. The maximum Gasteiger partial charge on any atom is 0.0991 e. The van der Waals surface area contributed by atoms with E-state index >= 15 is 0 Å². The van der Waals surface area contributed by atoms with Gasteiger partial charge in [-0.15, -0.1) is 0 Å². The van der Waals surface area contributed by atoms with E-state index in [4.69, 9.17) is 22.1 Å². The van der Waals surface area contributed by atoms with Gasteiger partial charge in [-0.2, -0.15) is 0 Å². The number of halogens is 1. The van der Waals surface area contributed by atoms with E-state index in [0.29, 0.717) is 12.0 Å².